The SMILES string of the molecule is Cc1cccc(OCCNC(=O)c2nccnc2-c2nc3ccccc3s2)c1. The minimum atomic E-state index is -0.296. The molecule has 0 saturated carbocycles. The summed E-state index contributed by atoms with van der Waals surface area (Å²) in [6.45, 7) is 2.74. The quantitative estimate of drug-likeness (QED) is 0.506. The summed E-state index contributed by atoms with van der Waals surface area (Å²) in [7, 11) is 0. The van der Waals surface area contributed by atoms with Crippen LogP contribution in [0.2, 0.25) is 0 Å². The average Bonchev–Trinajstić information content (AvgIpc) is 3.15. The average molecular weight is 390 g/mol. The molecule has 2 aromatic carbocycles. The van der Waals surface area contributed by atoms with Crippen LogP contribution in [0.15, 0.2) is 60.9 Å². The van der Waals surface area contributed by atoms with Gasteiger partial charge in [-0.2, -0.15) is 0 Å². The van der Waals surface area contributed by atoms with Crippen molar-refractivity contribution in [3.8, 4) is 16.5 Å². The summed E-state index contributed by atoms with van der Waals surface area (Å²) < 4.78 is 6.71. The molecule has 1 N–H and O–H groups in total. The van der Waals surface area contributed by atoms with E-state index in [1.165, 1.54) is 17.5 Å². The Balaban J connectivity index is 1.44. The number of benzene rings is 2. The van der Waals surface area contributed by atoms with Crippen molar-refractivity contribution in [3.63, 3.8) is 0 Å². The van der Waals surface area contributed by atoms with Crippen LogP contribution >= 0.6 is 11.3 Å². The largest absolute Gasteiger partial charge is 0.492 e. The number of nitrogens with one attached hydrogen (secondary N) is 1. The monoisotopic (exact) mass is 390 g/mol. The molecule has 0 aliphatic rings. The molecule has 0 saturated heterocycles. The molecule has 0 fully saturated rings. The number of fused-ring (bicyclic) bond motifs is 1. The Kier molecular flexibility index (Phi) is 5.25. The lowest BCUT2D eigenvalue weighted by atomic mass is 10.2. The second kappa shape index (κ2) is 8.14. The van der Waals surface area contributed by atoms with Gasteiger partial charge >= 0.3 is 0 Å². The lowest BCUT2D eigenvalue weighted by molar-refractivity contribution is 0.0942. The summed E-state index contributed by atoms with van der Waals surface area (Å²) in [6.07, 6.45) is 3.08. The van der Waals surface area contributed by atoms with Crippen molar-refractivity contribution in [2.75, 3.05) is 13.2 Å². The second-order valence-corrected chi connectivity index (χ2v) is 7.19. The van der Waals surface area contributed by atoms with Gasteiger partial charge in [-0.3, -0.25) is 4.79 Å². The molecule has 0 atom stereocenters. The van der Waals surface area contributed by atoms with Crippen molar-refractivity contribution in [2.24, 2.45) is 0 Å². The number of ether oxygens (including phenoxy) is 1. The van der Waals surface area contributed by atoms with Crippen LogP contribution in [0.25, 0.3) is 20.9 Å². The molecule has 6 nitrogen and oxygen atoms in total. The summed E-state index contributed by atoms with van der Waals surface area (Å²) in [5, 5.41) is 3.51. The highest BCUT2D eigenvalue weighted by Gasteiger charge is 2.18. The number of amides is 1. The van der Waals surface area contributed by atoms with Gasteiger partial charge in [0.15, 0.2) is 5.69 Å². The summed E-state index contributed by atoms with van der Waals surface area (Å²) in [5.74, 6) is 0.485. The van der Waals surface area contributed by atoms with Gasteiger partial charge < -0.3 is 10.1 Å². The summed E-state index contributed by atoms with van der Waals surface area (Å²) >= 11 is 1.49. The van der Waals surface area contributed by atoms with Crippen molar-refractivity contribution in [3.05, 3.63) is 72.2 Å². The predicted octanol–water partition coefficient (Wildman–Crippen LogP) is 3.87. The molecule has 4 rings (SSSR count). The van der Waals surface area contributed by atoms with Crippen LogP contribution in [0.5, 0.6) is 5.75 Å². The van der Waals surface area contributed by atoms with Crippen LogP contribution in [0, 0.1) is 6.92 Å². The molecule has 0 bridgehead atoms. The number of hydrogen-bond donors (Lipinski definition) is 1. The molecule has 2 heterocycles. The van der Waals surface area contributed by atoms with Crippen LogP contribution in [0.3, 0.4) is 0 Å². The molecule has 28 heavy (non-hydrogen) atoms. The Morgan fingerprint density at radius 1 is 1.11 bits per heavy atom. The zero-order valence-corrected chi connectivity index (χ0v) is 16.1. The van der Waals surface area contributed by atoms with E-state index in [9.17, 15) is 4.79 Å². The van der Waals surface area contributed by atoms with Gasteiger partial charge in [0, 0.05) is 12.4 Å². The number of carbonyl (C=O) groups is 1. The fourth-order valence-electron chi connectivity index (χ4n) is 2.76. The van der Waals surface area contributed by atoms with E-state index in [0.717, 1.165) is 21.5 Å². The molecule has 0 unspecified atom stereocenters. The molecule has 1 amide bonds. The number of aromatic nitrogens is 3. The Hall–Kier alpha value is -3.32. The Morgan fingerprint density at radius 2 is 1.96 bits per heavy atom. The third kappa shape index (κ3) is 3.99. The van der Waals surface area contributed by atoms with Gasteiger partial charge in [-0.05, 0) is 36.8 Å². The molecule has 0 radical (unpaired) electrons. The van der Waals surface area contributed by atoms with Crippen LogP contribution < -0.4 is 10.1 Å². The first-order valence-electron chi connectivity index (χ1n) is 8.85. The van der Waals surface area contributed by atoms with Gasteiger partial charge in [0.1, 0.15) is 23.1 Å². The lowest BCUT2D eigenvalue weighted by Gasteiger charge is -2.09. The van der Waals surface area contributed by atoms with Gasteiger partial charge in [-0.15, -0.1) is 11.3 Å². The number of aryl methyl sites for hydroxylation is 1. The number of rotatable bonds is 6. The smallest absolute Gasteiger partial charge is 0.272 e. The summed E-state index contributed by atoms with van der Waals surface area (Å²) in [6, 6.07) is 15.6. The van der Waals surface area contributed by atoms with Gasteiger partial charge in [0.05, 0.1) is 16.8 Å². The number of para-hydroxylation sites is 1. The molecule has 4 aromatic rings. The topological polar surface area (TPSA) is 77.0 Å². The molecule has 7 heteroatoms. The third-order valence-electron chi connectivity index (χ3n) is 4.06. The summed E-state index contributed by atoms with van der Waals surface area (Å²) in [4.78, 5) is 25.8. The highest BCUT2D eigenvalue weighted by Crippen LogP contribution is 2.29. The number of carbonyl (C=O) groups excluding carboxylic acids is 1. The Labute approximate surface area is 166 Å². The van der Waals surface area contributed by atoms with E-state index in [0.29, 0.717) is 23.9 Å². The van der Waals surface area contributed by atoms with E-state index >= 15 is 0 Å². The van der Waals surface area contributed by atoms with Crippen molar-refractivity contribution in [2.45, 2.75) is 6.92 Å². The first-order chi connectivity index (χ1) is 13.7. The fourth-order valence-corrected chi connectivity index (χ4v) is 3.72. The van der Waals surface area contributed by atoms with E-state index in [2.05, 4.69) is 20.3 Å². The molecule has 0 aliphatic heterocycles. The first-order valence-corrected chi connectivity index (χ1v) is 9.67. The maximum atomic E-state index is 12.6. The van der Waals surface area contributed by atoms with Gasteiger partial charge in [-0.25, -0.2) is 15.0 Å². The van der Waals surface area contributed by atoms with E-state index in [1.54, 1.807) is 6.20 Å². The Bertz CT molecular complexity index is 1090. The standard InChI is InChI=1S/C21H18N4O2S/c1-14-5-4-6-15(13-14)27-12-11-24-20(26)18-19(23-10-9-22-18)21-25-16-7-2-3-8-17(16)28-21/h2-10,13H,11-12H2,1H3,(H,24,26). The van der Waals surface area contributed by atoms with E-state index in [-0.39, 0.29) is 11.6 Å². The molecule has 140 valence electrons. The van der Waals surface area contributed by atoms with E-state index in [1.807, 2.05) is 55.5 Å². The van der Waals surface area contributed by atoms with Crippen LogP contribution in [0.1, 0.15) is 16.1 Å². The van der Waals surface area contributed by atoms with Crippen LogP contribution in [0.4, 0.5) is 0 Å². The summed E-state index contributed by atoms with van der Waals surface area (Å²) in [5.41, 5.74) is 2.76. The highest BCUT2D eigenvalue weighted by molar-refractivity contribution is 7.21. The van der Waals surface area contributed by atoms with Crippen molar-refractivity contribution in [1.82, 2.24) is 20.3 Å². The first kappa shape index (κ1) is 18.1. The number of thiazole rings is 1. The van der Waals surface area contributed by atoms with Gasteiger partial charge in [0.25, 0.3) is 5.91 Å². The zero-order chi connectivity index (χ0) is 19.3. The molecule has 0 spiro atoms. The van der Waals surface area contributed by atoms with E-state index < -0.39 is 0 Å². The van der Waals surface area contributed by atoms with Gasteiger partial charge in [-0.1, -0.05) is 24.3 Å². The maximum Gasteiger partial charge on any atom is 0.272 e. The normalized spacial score (nSPS) is 10.8. The number of nitrogens with zero attached hydrogens (tertiary/aromatic N) is 3. The fraction of sp³-hybridized carbons (Fsp3) is 0.143. The Morgan fingerprint density at radius 3 is 2.82 bits per heavy atom. The zero-order valence-electron chi connectivity index (χ0n) is 15.3. The van der Waals surface area contributed by atoms with Crippen molar-refractivity contribution in [1.29, 1.82) is 0 Å². The maximum absolute atomic E-state index is 12.6. The number of hydrogen-bond acceptors (Lipinski definition) is 6. The molecular weight excluding hydrogens is 372 g/mol. The minimum absolute atomic E-state index is 0.261. The molecular formula is C21H18N4O2S. The molecule has 0 aliphatic carbocycles. The predicted molar refractivity (Wildman–Crippen MR) is 110 cm³/mol. The third-order valence-corrected chi connectivity index (χ3v) is 5.10. The molecule has 2 aromatic heterocycles. The second-order valence-electron chi connectivity index (χ2n) is 6.16. The van der Waals surface area contributed by atoms with E-state index in [4.69, 9.17) is 4.74 Å². The minimum Gasteiger partial charge on any atom is -0.492 e. The highest BCUT2D eigenvalue weighted by atomic mass is 32.1. The van der Waals surface area contributed by atoms with Crippen molar-refractivity contribution < 1.29 is 9.53 Å². The lowest BCUT2D eigenvalue weighted by Crippen LogP contribution is -2.29. The van der Waals surface area contributed by atoms with Gasteiger partial charge in [0.2, 0.25) is 0 Å². The van der Waals surface area contributed by atoms with Crippen molar-refractivity contribution >= 4 is 27.5 Å². The van der Waals surface area contributed by atoms with Crippen LogP contribution in [-0.4, -0.2) is 34.0 Å². The van der Waals surface area contributed by atoms with Crippen LogP contribution in [-0.2, 0) is 0 Å².